The molecular formula is C38H44N2O4. The molecule has 0 aliphatic rings. The standard InChI is InChI=1S/C38H44N2O4/c1-25-14-17-30(32(20-25)36(3,4)5)38(42,31-18-15-26(2)21-33(31)37(6,7)8)35(22-27-12-10-9-11-13-27)39-24-28-23-29(40(43)44)16-19-34(28)41/h9-21,23-24,35,41-42H,22H2,1-8H3/t35-/m1/s1. The van der Waals surface area contributed by atoms with E-state index >= 15 is 0 Å². The Morgan fingerprint density at radius 2 is 1.30 bits per heavy atom. The highest BCUT2D eigenvalue weighted by molar-refractivity contribution is 5.84. The molecule has 4 aromatic rings. The van der Waals surface area contributed by atoms with Crippen LogP contribution >= 0.6 is 0 Å². The van der Waals surface area contributed by atoms with Crippen molar-refractivity contribution >= 4 is 11.9 Å². The number of aromatic hydroxyl groups is 1. The lowest BCUT2D eigenvalue weighted by Gasteiger charge is -2.41. The fourth-order valence-electron chi connectivity index (χ4n) is 5.80. The van der Waals surface area contributed by atoms with Gasteiger partial charge in [-0.3, -0.25) is 15.1 Å². The van der Waals surface area contributed by atoms with Crippen molar-refractivity contribution in [2.75, 3.05) is 0 Å². The molecule has 0 saturated heterocycles. The van der Waals surface area contributed by atoms with Gasteiger partial charge < -0.3 is 10.2 Å². The van der Waals surface area contributed by atoms with Gasteiger partial charge in [-0.1, -0.05) is 119 Å². The van der Waals surface area contributed by atoms with E-state index in [0.717, 1.165) is 38.9 Å². The minimum Gasteiger partial charge on any atom is -0.507 e. The summed E-state index contributed by atoms with van der Waals surface area (Å²) in [6, 6.07) is 25.3. The molecule has 0 spiro atoms. The summed E-state index contributed by atoms with van der Waals surface area (Å²) in [5.74, 6) is -0.127. The number of hydrogen-bond acceptors (Lipinski definition) is 5. The van der Waals surface area contributed by atoms with Gasteiger partial charge in [0.1, 0.15) is 11.4 Å². The number of nitrogens with zero attached hydrogens (tertiary/aromatic N) is 2. The summed E-state index contributed by atoms with van der Waals surface area (Å²) in [7, 11) is 0. The SMILES string of the molecule is Cc1ccc(C(O)(c2ccc(C)cc2C(C)(C)C)[C@@H](Cc2ccccc2)N=Cc2cc([N+](=O)[O-])ccc2O)c(C(C)(C)C)c1. The van der Waals surface area contributed by atoms with Crippen LogP contribution in [-0.2, 0) is 22.9 Å². The van der Waals surface area contributed by atoms with Crippen LogP contribution in [0.4, 0.5) is 5.69 Å². The number of aryl methyl sites for hydroxylation is 2. The van der Waals surface area contributed by atoms with Crippen molar-refractivity contribution in [2.45, 2.75) is 84.3 Å². The van der Waals surface area contributed by atoms with E-state index in [-0.39, 0.29) is 27.8 Å². The number of hydrogen-bond donors (Lipinski definition) is 2. The third kappa shape index (κ3) is 6.92. The van der Waals surface area contributed by atoms with E-state index < -0.39 is 16.6 Å². The highest BCUT2D eigenvalue weighted by atomic mass is 16.6. The Balaban J connectivity index is 2.10. The van der Waals surface area contributed by atoms with E-state index in [1.54, 1.807) is 0 Å². The van der Waals surface area contributed by atoms with Crippen LogP contribution in [-0.4, -0.2) is 27.4 Å². The molecule has 0 aromatic heterocycles. The second kappa shape index (κ2) is 12.4. The van der Waals surface area contributed by atoms with E-state index in [1.807, 2.05) is 54.6 Å². The Labute approximate surface area is 261 Å². The van der Waals surface area contributed by atoms with Crippen LogP contribution in [0.1, 0.15) is 86.1 Å². The maximum atomic E-state index is 13.6. The number of aliphatic hydroxyl groups is 1. The minimum absolute atomic E-state index is 0.127. The van der Waals surface area contributed by atoms with Gasteiger partial charge in [-0.25, -0.2) is 0 Å². The second-order valence-electron chi connectivity index (χ2n) is 13.8. The van der Waals surface area contributed by atoms with Gasteiger partial charge >= 0.3 is 0 Å². The molecule has 44 heavy (non-hydrogen) atoms. The topological polar surface area (TPSA) is 96.0 Å². The number of rotatable bonds is 8. The first-order valence-corrected chi connectivity index (χ1v) is 15.0. The Kier molecular flexibility index (Phi) is 9.17. The molecule has 1 atom stereocenters. The summed E-state index contributed by atoms with van der Waals surface area (Å²) in [5, 5.41) is 35.7. The summed E-state index contributed by atoms with van der Waals surface area (Å²) >= 11 is 0. The Morgan fingerprint density at radius 1 is 0.773 bits per heavy atom. The molecule has 0 aliphatic carbocycles. The summed E-state index contributed by atoms with van der Waals surface area (Å²) in [6.07, 6.45) is 1.83. The molecule has 0 aliphatic heterocycles. The Morgan fingerprint density at radius 3 is 1.77 bits per heavy atom. The zero-order valence-corrected chi connectivity index (χ0v) is 27.1. The van der Waals surface area contributed by atoms with Crippen LogP contribution in [0.25, 0.3) is 0 Å². The number of nitro groups is 1. The van der Waals surface area contributed by atoms with Crippen LogP contribution < -0.4 is 0 Å². The lowest BCUT2D eigenvalue weighted by molar-refractivity contribution is -0.384. The predicted molar refractivity (Wildman–Crippen MR) is 179 cm³/mol. The summed E-state index contributed by atoms with van der Waals surface area (Å²) in [4.78, 5) is 16.0. The fourth-order valence-corrected chi connectivity index (χ4v) is 5.80. The van der Waals surface area contributed by atoms with E-state index in [1.165, 1.54) is 24.4 Å². The second-order valence-corrected chi connectivity index (χ2v) is 13.8. The highest BCUT2D eigenvalue weighted by Gasteiger charge is 2.45. The first-order chi connectivity index (χ1) is 20.5. The molecular weight excluding hydrogens is 548 g/mol. The molecule has 0 fully saturated rings. The molecule has 4 rings (SSSR count). The van der Waals surface area contributed by atoms with Crippen molar-refractivity contribution in [2.24, 2.45) is 4.99 Å². The Bertz CT molecular complexity index is 1610. The molecule has 4 aromatic carbocycles. The summed E-state index contributed by atoms with van der Waals surface area (Å²) < 4.78 is 0. The average Bonchev–Trinajstić information content (AvgIpc) is 2.95. The average molecular weight is 593 g/mol. The van der Waals surface area contributed by atoms with Gasteiger partial charge in [0.2, 0.25) is 0 Å². The van der Waals surface area contributed by atoms with Crippen molar-refractivity contribution in [3.05, 3.63) is 140 Å². The van der Waals surface area contributed by atoms with Gasteiger partial charge in [0.15, 0.2) is 0 Å². The van der Waals surface area contributed by atoms with Crippen molar-refractivity contribution < 1.29 is 15.1 Å². The van der Waals surface area contributed by atoms with Crippen molar-refractivity contribution in [3.8, 4) is 5.75 Å². The maximum absolute atomic E-state index is 13.6. The maximum Gasteiger partial charge on any atom is 0.270 e. The largest absolute Gasteiger partial charge is 0.507 e. The predicted octanol–water partition coefficient (Wildman–Crippen LogP) is 8.48. The molecule has 0 saturated carbocycles. The van der Waals surface area contributed by atoms with E-state index in [9.17, 15) is 20.3 Å². The van der Waals surface area contributed by atoms with Gasteiger partial charge in [0.25, 0.3) is 5.69 Å². The van der Waals surface area contributed by atoms with Crippen LogP contribution in [0.3, 0.4) is 0 Å². The number of benzene rings is 4. The van der Waals surface area contributed by atoms with E-state index in [2.05, 4.69) is 67.5 Å². The molecule has 6 heteroatoms. The number of aliphatic imine (C=N–C) groups is 1. The Hall–Kier alpha value is -4.29. The first-order valence-electron chi connectivity index (χ1n) is 15.0. The molecule has 0 bridgehead atoms. The van der Waals surface area contributed by atoms with Crippen molar-refractivity contribution in [1.82, 2.24) is 0 Å². The van der Waals surface area contributed by atoms with Gasteiger partial charge in [-0.15, -0.1) is 0 Å². The van der Waals surface area contributed by atoms with Crippen LogP contribution in [0.15, 0.2) is 89.9 Å². The zero-order valence-electron chi connectivity index (χ0n) is 27.1. The number of phenolic OH excluding ortho intramolecular Hbond substituents is 1. The molecule has 230 valence electrons. The normalized spacial score (nSPS) is 13.3. The molecule has 0 heterocycles. The lowest BCUT2D eigenvalue weighted by atomic mass is 9.68. The first kappa shape index (κ1) is 32.6. The fraction of sp³-hybridized carbons (Fsp3) is 0.342. The highest BCUT2D eigenvalue weighted by Crippen LogP contribution is 2.45. The van der Waals surface area contributed by atoms with Crippen molar-refractivity contribution in [3.63, 3.8) is 0 Å². The van der Waals surface area contributed by atoms with Gasteiger partial charge in [0.05, 0.1) is 11.0 Å². The van der Waals surface area contributed by atoms with Gasteiger partial charge in [-0.05, 0) is 65.0 Å². The number of nitro benzene ring substituents is 1. The van der Waals surface area contributed by atoms with Crippen molar-refractivity contribution in [1.29, 1.82) is 0 Å². The van der Waals surface area contributed by atoms with Crippen LogP contribution in [0, 0.1) is 24.0 Å². The molecule has 6 nitrogen and oxygen atoms in total. The van der Waals surface area contributed by atoms with Gasteiger partial charge in [-0.2, -0.15) is 0 Å². The number of non-ortho nitro benzene ring substituents is 1. The van der Waals surface area contributed by atoms with Gasteiger partial charge in [0, 0.05) is 23.9 Å². The zero-order chi connectivity index (χ0) is 32.4. The van der Waals surface area contributed by atoms with E-state index in [0.29, 0.717) is 6.42 Å². The number of phenols is 1. The lowest BCUT2D eigenvalue weighted by Crippen LogP contribution is -2.44. The summed E-state index contributed by atoms with van der Waals surface area (Å²) in [6.45, 7) is 16.9. The van der Waals surface area contributed by atoms with E-state index in [4.69, 9.17) is 4.99 Å². The van der Waals surface area contributed by atoms with Crippen LogP contribution in [0.2, 0.25) is 0 Å². The molecule has 2 N–H and O–H groups in total. The smallest absolute Gasteiger partial charge is 0.270 e. The third-order valence-electron chi connectivity index (χ3n) is 8.16. The monoisotopic (exact) mass is 592 g/mol. The molecule has 0 radical (unpaired) electrons. The minimum atomic E-state index is -1.62. The summed E-state index contributed by atoms with van der Waals surface area (Å²) in [5.41, 5.74) is 4.51. The quantitative estimate of drug-likeness (QED) is 0.122. The molecule has 0 unspecified atom stereocenters. The van der Waals surface area contributed by atoms with Crippen LogP contribution in [0.5, 0.6) is 5.75 Å². The third-order valence-corrected chi connectivity index (χ3v) is 8.16. The molecule has 0 amide bonds.